The molecule has 0 aliphatic carbocycles. The Kier molecular flexibility index (Phi) is 4.53. The van der Waals surface area contributed by atoms with E-state index in [9.17, 15) is 23.4 Å². The van der Waals surface area contributed by atoms with Crippen LogP contribution in [-0.2, 0) is 11.3 Å². The standard InChI is InChI=1S/C18H16F3NO3/c19-18(20,21)17(24)11-15(22-25-17)13-6-8-14(9-7-13)16(23)10-12-4-2-1-3-5-12/h1-9,16,23-24H,10-11H2. The summed E-state index contributed by atoms with van der Waals surface area (Å²) in [6.07, 6.45) is -6.00. The summed E-state index contributed by atoms with van der Waals surface area (Å²) < 4.78 is 38.2. The molecule has 0 aromatic heterocycles. The van der Waals surface area contributed by atoms with Crippen molar-refractivity contribution in [3.05, 3.63) is 71.3 Å². The number of oxime groups is 1. The summed E-state index contributed by atoms with van der Waals surface area (Å²) in [6, 6.07) is 15.8. The highest BCUT2D eigenvalue weighted by Crippen LogP contribution is 2.39. The summed E-state index contributed by atoms with van der Waals surface area (Å²) in [5.74, 6) is -3.28. The van der Waals surface area contributed by atoms with E-state index in [1.165, 1.54) is 0 Å². The molecule has 3 rings (SSSR count). The summed E-state index contributed by atoms with van der Waals surface area (Å²) in [5, 5.41) is 23.1. The lowest BCUT2D eigenvalue weighted by molar-refractivity contribution is -0.355. The minimum atomic E-state index is -4.93. The molecule has 0 saturated carbocycles. The Bertz CT molecular complexity index is 759. The number of aliphatic hydroxyl groups excluding tert-OH is 1. The number of benzene rings is 2. The summed E-state index contributed by atoms with van der Waals surface area (Å²) in [6.45, 7) is 0. The van der Waals surface area contributed by atoms with Crippen molar-refractivity contribution in [2.75, 3.05) is 0 Å². The predicted octanol–water partition coefficient (Wildman–Crippen LogP) is 3.34. The average Bonchev–Trinajstić information content (AvgIpc) is 2.99. The molecule has 7 heteroatoms. The van der Waals surface area contributed by atoms with E-state index in [2.05, 4.69) is 9.99 Å². The second-order valence-corrected chi connectivity index (χ2v) is 5.92. The zero-order chi connectivity index (χ0) is 18.1. The number of halogens is 3. The molecular weight excluding hydrogens is 335 g/mol. The van der Waals surface area contributed by atoms with Crippen molar-refractivity contribution < 1.29 is 28.2 Å². The first-order chi connectivity index (χ1) is 11.8. The zero-order valence-electron chi connectivity index (χ0n) is 13.1. The molecule has 132 valence electrons. The van der Waals surface area contributed by atoms with E-state index in [4.69, 9.17) is 0 Å². The number of rotatable bonds is 4. The number of alkyl halides is 3. The quantitative estimate of drug-likeness (QED) is 0.888. The highest BCUT2D eigenvalue weighted by molar-refractivity contribution is 6.01. The van der Waals surface area contributed by atoms with Crippen LogP contribution in [-0.4, -0.2) is 27.9 Å². The lowest BCUT2D eigenvalue weighted by Crippen LogP contribution is -2.45. The van der Waals surface area contributed by atoms with Gasteiger partial charge in [-0.2, -0.15) is 13.2 Å². The molecule has 2 N–H and O–H groups in total. The van der Waals surface area contributed by atoms with Crippen LogP contribution in [0.15, 0.2) is 59.8 Å². The van der Waals surface area contributed by atoms with Gasteiger partial charge in [-0.05, 0) is 16.7 Å². The molecular formula is C18H16F3NO3. The second-order valence-electron chi connectivity index (χ2n) is 5.92. The Morgan fingerprint density at radius 2 is 1.72 bits per heavy atom. The van der Waals surface area contributed by atoms with Crippen LogP contribution in [0.1, 0.15) is 29.2 Å². The molecule has 0 radical (unpaired) electrons. The molecule has 0 amide bonds. The summed E-state index contributed by atoms with van der Waals surface area (Å²) in [4.78, 5) is 4.20. The topological polar surface area (TPSA) is 62.1 Å². The Hall–Kier alpha value is -2.38. The van der Waals surface area contributed by atoms with Crippen LogP contribution in [0, 0.1) is 0 Å². The molecule has 2 unspecified atom stereocenters. The van der Waals surface area contributed by atoms with Crippen molar-refractivity contribution in [1.82, 2.24) is 0 Å². The molecule has 4 nitrogen and oxygen atoms in total. The van der Waals surface area contributed by atoms with Crippen molar-refractivity contribution in [3.63, 3.8) is 0 Å². The van der Waals surface area contributed by atoms with Crippen molar-refractivity contribution in [2.24, 2.45) is 5.16 Å². The Balaban J connectivity index is 1.69. The Labute approximate surface area is 142 Å². The van der Waals surface area contributed by atoms with Crippen LogP contribution >= 0.6 is 0 Å². The monoisotopic (exact) mass is 351 g/mol. The maximum Gasteiger partial charge on any atom is 0.458 e. The van der Waals surface area contributed by atoms with Gasteiger partial charge in [-0.25, -0.2) is 0 Å². The lowest BCUT2D eigenvalue weighted by atomic mass is 9.97. The van der Waals surface area contributed by atoms with Crippen LogP contribution < -0.4 is 0 Å². The molecule has 1 aliphatic heterocycles. The molecule has 2 aromatic carbocycles. The predicted molar refractivity (Wildman–Crippen MR) is 84.8 cm³/mol. The third-order valence-electron chi connectivity index (χ3n) is 4.06. The fraction of sp³-hybridized carbons (Fsp3) is 0.278. The van der Waals surface area contributed by atoms with Gasteiger partial charge in [0.15, 0.2) is 0 Å². The molecule has 1 heterocycles. The normalized spacial score (nSPS) is 21.6. The summed E-state index contributed by atoms with van der Waals surface area (Å²) in [7, 11) is 0. The van der Waals surface area contributed by atoms with Gasteiger partial charge >= 0.3 is 12.0 Å². The average molecular weight is 351 g/mol. The van der Waals surface area contributed by atoms with Crippen LogP contribution in [0.4, 0.5) is 13.2 Å². The van der Waals surface area contributed by atoms with Crippen molar-refractivity contribution >= 4 is 5.71 Å². The molecule has 0 bridgehead atoms. The third-order valence-corrected chi connectivity index (χ3v) is 4.06. The number of hydrogen-bond donors (Lipinski definition) is 2. The van der Waals surface area contributed by atoms with Crippen molar-refractivity contribution in [1.29, 1.82) is 0 Å². The van der Waals surface area contributed by atoms with Gasteiger partial charge in [0.2, 0.25) is 0 Å². The van der Waals surface area contributed by atoms with Gasteiger partial charge in [0.25, 0.3) is 0 Å². The van der Waals surface area contributed by atoms with Gasteiger partial charge in [-0.15, -0.1) is 0 Å². The fourth-order valence-electron chi connectivity index (χ4n) is 2.58. The Morgan fingerprint density at radius 1 is 1.08 bits per heavy atom. The summed E-state index contributed by atoms with van der Waals surface area (Å²) in [5.41, 5.74) is 2.01. The maximum atomic E-state index is 12.7. The van der Waals surface area contributed by atoms with Crippen LogP contribution in [0.5, 0.6) is 0 Å². The van der Waals surface area contributed by atoms with Crippen LogP contribution in [0.2, 0.25) is 0 Å². The van der Waals surface area contributed by atoms with E-state index in [-0.39, 0.29) is 5.71 Å². The van der Waals surface area contributed by atoms with Crippen molar-refractivity contribution in [3.8, 4) is 0 Å². The Morgan fingerprint density at radius 3 is 2.28 bits per heavy atom. The van der Waals surface area contributed by atoms with E-state index in [1.807, 2.05) is 30.3 Å². The highest BCUT2D eigenvalue weighted by atomic mass is 19.4. The molecule has 0 spiro atoms. The SMILES string of the molecule is OC(Cc1ccccc1)c1ccc(C2=NOC(O)(C(F)(F)F)C2)cc1. The fourth-order valence-corrected chi connectivity index (χ4v) is 2.58. The first kappa shape index (κ1) is 17.4. The first-order valence-electron chi connectivity index (χ1n) is 7.65. The largest absolute Gasteiger partial charge is 0.458 e. The van der Waals surface area contributed by atoms with Crippen LogP contribution in [0.25, 0.3) is 0 Å². The van der Waals surface area contributed by atoms with Gasteiger partial charge in [-0.1, -0.05) is 59.8 Å². The molecule has 2 atom stereocenters. The number of nitrogens with zero attached hydrogens (tertiary/aromatic N) is 1. The van der Waals surface area contributed by atoms with Crippen LogP contribution in [0.3, 0.4) is 0 Å². The molecule has 1 aliphatic rings. The third kappa shape index (κ3) is 3.67. The number of hydrogen-bond acceptors (Lipinski definition) is 4. The van der Waals surface area contributed by atoms with Gasteiger partial charge < -0.3 is 15.1 Å². The lowest BCUT2D eigenvalue weighted by Gasteiger charge is -2.22. The van der Waals surface area contributed by atoms with Gasteiger partial charge in [0.1, 0.15) is 0 Å². The minimum Gasteiger partial charge on any atom is -0.388 e. The molecule has 2 aromatic rings. The van der Waals surface area contributed by atoms with Crippen molar-refractivity contribution in [2.45, 2.75) is 30.9 Å². The van der Waals surface area contributed by atoms with Gasteiger partial charge in [-0.3, -0.25) is 0 Å². The second kappa shape index (κ2) is 6.50. The van der Waals surface area contributed by atoms with E-state index >= 15 is 0 Å². The van der Waals surface area contributed by atoms with E-state index in [0.29, 0.717) is 17.5 Å². The number of aliphatic hydroxyl groups is 2. The van der Waals surface area contributed by atoms with E-state index < -0.39 is 24.5 Å². The summed E-state index contributed by atoms with van der Waals surface area (Å²) >= 11 is 0. The van der Waals surface area contributed by atoms with E-state index in [0.717, 1.165) is 5.56 Å². The molecule has 25 heavy (non-hydrogen) atoms. The minimum absolute atomic E-state index is 0.00363. The maximum absolute atomic E-state index is 12.7. The van der Waals surface area contributed by atoms with Gasteiger partial charge in [0.05, 0.1) is 18.2 Å². The van der Waals surface area contributed by atoms with Gasteiger partial charge in [0, 0.05) is 6.42 Å². The molecule has 0 fully saturated rings. The zero-order valence-corrected chi connectivity index (χ0v) is 13.1. The first-order valence-corrected chi connectivity index (χ1v) is 7.65. The highest BCUT2D eigenvalue weighted by Gasteiger charge is 2.60. The van der Waals surface area contributed by atoms with E-state index in [1.54, 1.807) is 24.3 Å². The molecule has 0 saturated heterocycles. The smallest absolute Gasteiger partial charge is 0.388 e.